The van der Waals surface area contributed by atoms with Crippen molar-refractivity contribution < 1.29 is 23.8 Å². The molecule has 2 heterocycles. The molecule has 1 aromatic carbocycles. The molecule has 1 amide bonds. The second-order valence-corrected chi connectivity index (χ2v) is 7.08. The first-order valence-corrected chi connectivity index (χ1v) is 9.20. The standard InChI is InChI=1S/C19H20BrNO5/c1-4-13(20)19(23)21-8-7-11-9-15(24-2)16(25-3)10-12(11)18(21)14-5-6-17(22)26-14/h5-10,13-14,18H,4H2,1-3H3. The van der Waals surface area contributed by atoms with E-state index >= 15 is 0 Å². The van der Waals surface area contributed by atoms with Gasteiger partial charge in [0.15, 0.2) is 11.5 Å². The van der Waals surface area contributed by atoms with Crippen molar-refractivity contribution in [3.63, 3.8) is 0 Å². The summed E-state index contributed by atoms with van der Waals surface area (Å²) in [7, 11) is 3.13. The molecule has 0 aliphatic carbocycles. The smallest absolute Gasteiger partial charge is 0.331 e. The molecule has 0 fully saturated rings. The third-order valence-corrected chi connectivity index (χ3v) is 5.53. The Hall–Kier alpha value is -2.28. The third kappa shape index (κ3) is 3.23. The number of fused-ring (bicyclic) bond motifs is 1. The number of ether oxygens (including phenoxy) is 3. The second-order valence-electron chi connectivity index (χ2n) is 5.98. The highest BCUT2D eigenvalue weighted by Crippen LogP contribution is 2.42. The van der Waals surface area contributed by atoms with Crippen molar-refractivity contribution in [2.45, 2.75) is 30.3 Å². The van der Waals surface area contributed by atoms with Crippen LogP contribution in [0, 0.1) is 0 Å². The van der Waals surface area contributed by atoms with Gasteiger partial charge in [0.2, 0.25) is 5.91 Å². The first kappa shape index (κ1) is 18.5. The quantitative estimate of drug-likeness (QED) is 0.539. The van der Waals surface area contributed by atoms with Gasteiger partial charge in [-0.1, -0.05) is 22.9 Å². The van der Waals surface area contributed by atoms with E-state index in [2.05, 4.69) is 15.9 Å². The maximum atomic E-state index is 12.9. The van der Waals surface area contributed by atoms with Gasteiger partial charge in [0.05, 0.1) is 19.0 Å². The molecular weight excluding hydrogens is 402 g/mol. The van der Waals surface area contributed by atoms with E-state index in [0.717, 1.165) is 11.1 Å². The number of methoxy groups -OCH3 is 2. The highest BCUT2D eigenvalue weighted by molar-refractivity contribution is 9.10. The number of esters is 1. The number of carbonyl (C=O) groups is 2. The fraction of sp³-hybridized carbons (Fsp3) is 0.368. The van der Waals surface area contributed by atoms with Crippen molar-refractivity contribution in [1.29, 1.82) is 0 Å². The van der Waals surface area contributed by atoms with E-state index in [1.165, 1.54) is 6.08 Å². The van der Waals surface area contributed by atoms with Gasteiger partial charge >= 0.3 is 5.97 Å². The molecular formula is C19H20BrNO5. The molecule has 0 saturated carbocycles. The van der Waals surface area contributed by atoms with E-state index in [0.29, 0.717) is 17.9 Å². The van der Waals surface area contributed by atoms with Gasteiger partial charge in [-0.15, -0.1) is 0 Å². The van der Waals surface area contributed by atoms with Crippen LogP contribution in [-0.4, -0.2) is 41.9 Å². The van der Waals surface area contributed by atoms with Crippen LogP contribution in [-0.2, 0) is 14.3 Å². The molecule has 0 spiro atoms. The summed E-state index contributed by atoms with van der Waals surface area (Å²) in [6, 6.07) is 3.21. The zero-order valence-corrected chi connectivity index (χ0v) is 16.4. The first-order chi connectivity index (χ1) is 12.5. The molecule has 3 unspecified atom stereocenters. The maximum Gasteiger partial charge on any atom is 0.331 e. The van der Waals surface area contributed by atoms with Crippen LogP contribution in [0.5, 0.6) is 11.5 Å². The van der Waals surface area contributed by atoms with Crippen LogP contribution in [0.2, 0.25) is 0 Å². The lowest BCUT2D eigenvalue weighted by Gasteiger charge is -2.37. The summed E-state index contributed by atoms with van der Waals surface area (Å²) in [6.45, 7) is 1.93. The van der Waals surface area contributed by atoms with Crippen LogP contribution in [0.3, 0.4) is 0 Å². The van der Waals surface area contributed by atoms with E-state index < -0.39 is 18.1 Å². The molecule has 138 valence electrons. The lowest BCUT2D eigenvalue weighted by Crippen LogP contribution is -2.42. The molecule has 2 aliphatic heterocycles. The van der Waals surface area contributed by atoms with Gasteiger partial charge in [-0.3, -0.25) is 4.79 Å². The van der Waals surface area contributed by atoms with Gasteiger partial charge in [0, 0.05) is 12.3 Å². The van der Waals surface area contributed by atoms with Crippen LogP contribution in [0.1, 0.15) is 30.5 Å². The molecule has 0 radical (unpaired) electrons. The summed E-state index contributed by atoms with van der Waals surface area (Å²) in [5.74, 6) is 0.647. The monoisotopic (exact) mass is 421 g/mol. The van der Waals surface area contributed by atoms with Crippen molar-refractivity contribution >= 4 is 33.9 Å². The summed E-state index contributed by atoms with van der Waals surface area (Å²) in [4.78, 5) is 25.8. The van der Waals surface area contributed by atoms with Gasteiger partial charge in [-0.2, -0.15) is 0 Å². The number of rotatable bonds is 5. The summed E-state index contributed by atoms with van der Waals surface area (Å²) < 4.78 is 16.2. The third-order valence-electron chi connectivity index (χ3n) is 4.49. The highest BCUT2D eigenvalue weighted by Gasteiger charge is 2.39. The molecule has 2 aliphatic rings. The molecule has 6 nitrogen and oxygen atoms in total. The number of halogens is 1. The Labute approximate surface area is 160 Å². The largest absolute Gasteiger partial charge is 0.493 e. The Balaban J connectivity index is 2.10. The Morgan fingerprint density at radius 1 is 1.27 bits per heavy atom. The van der Waals surface area contributed by atoms with Crippen molar-refractivity contribution in [2.75, 3.05) is 14.2 Å². The van der Waals surface area contributed by atoms with Gasteiger partial charge in [0.25, 0.3) is 0 Å². The van der Waals surface area contributed by atoms with Gasteiger partial charge < -0.3 is 19.1 Å². The molecule has 1 aromatic rings. The molecule has 0 N–H and O–H groups in total. The zero-order valence-electron chi connectivity index (χ0n) is 14.8. The number of cyclic esters (lactones) is 1. The molecule has 7 heteroatoms. The SMILES string of the molecule is CCC(Br)C(=O)N1C=Cc2cc(OC)c(OC)cc2C1C1C=CC(=O)O1. The second kappa shape index (κ2) is 7.53. The van der Waals surface area contributed by atoms with Crippen LogP contribution in [0.4, 0.5) is 0 Å². The van der Waals surface area contributed by atoms with Gasteiger partial charge in [0.1, 0.15) is 12.1 Å². The molecule has 3 atom stereocenters. The Kier molecular flexibility index (Phi) is 5.36. The topological polar surface area (TPSA) is 65.1 Å². The number of hydrogen-bond acceptors (Lipinski definition) is 5. The van der Waals surface area contributed by atoms with Crippen LogP contribution < -0.4 is 9.47 Å². The normalized spacial score (nSPS) is 22.0. The highest BCUT2D eigenvalue weighted by atomic mass is 79.9. The van der Waals surface area contributed by atoms with E-state index in [1.54, 1.807) is 31.4 Å². The Morgan fingerprint density at radius 3 is 2.54 bits per heavy atom. The molecule has 0 saturated heterocycles. The van der Waals surface area contributed by atoms with Gasteiger partial charge in [-0.25, -0.2) is 4.79 Å². The summed E-state index contributed by atoms with van der Waals surface area (Å²) in [5, 5.41) is 0. The zero-order chi connectivity index (χ0) is 18.8. The maximum absolute atomic E-state index is 12.9. The lowest BCUT2D eigenvalue weighted by atomic mass is 9.91. The number of nitrogens with zero attached hydrogens (tertiary/aromatic N) is 1. The minimum absolute atomic E-state index is 0.0921. The number of amides is 1. The molecule has 0 bridgehead atoms. The van der Waals surface area contributed by atoms with Crippen molar-refractivity contribution in [3.05, 3.63) is 41.6 Å². The van der Waals surface area contributed by atoms with Crippen LogP contribution in [0.15, 0.2) is 30.5 Å². The van der Waals surface area contributed by atoms with Crippen molar-refractivity contribution in [2.24, 2.45) is 0 Å². The van der Waals surface area contributed by atoms with Crippen molar-refractivity contribution in [3.8, 4) is 11.5 Å². The number of alkyl halides is 1. The first-order valence-electron chi connectivity index (χ1n) is 8.29. The van der Waals surface area contributed by atoms with Crippen molar-refractivity contribution in [1.82, 2.24) is 4.90 Å². The fourth-order valence-electron chi connectivity index (χ4n) is 3.15. The Bertz CT molecular complexity index is 788. The molecule has 0 aromatic heterocycles. The number of benzene rings is 1. The fourth-order valence-corrected chi connectivity index (χ4v) is 3.39. The summed E-state index contributed by atoms with van der Waals surface area (Å²) >= 11 is 3.42. The molecule has 26 heavy (non-hydrogen) atoms. The van der Waals surface area contributed by atoms with E-state index in [1.807, 2.05) is 25.1 Å². The van der Waals surface area contributed by atoms with Crippen LogP contribution in [0.25, 0.3) is 6.08 Å². The lowest BCUT2D eigenvalue weighted by molar-refractivity contribution is -0.144. The van der Waals surface area contributed by atoms with Gasteiger partial charge in [-0.05, 0) is 41.8 Å². The van der Waals surface area contributed by atoms with E-state index in [9.17, 15) is 9.59 Å². The average molecular weight is 422 g/mol. The summed E-state index contributed by atoms with van der Waals surface area (Å²) in [6.07, 6.45) is 6.73. The minimum Gasteiger partial charge on any atom is -0.493 e. The minimum atomic E-state index is -0.565. The molecule has 3 rings (SSSR count). The average Bonchev–Trinajstić information content (AvgIpc) is 3.10. The number of hydrogen-bond donors (Lipinski definition) is 0. The van der Waals surface area contributed by atoms with Crippen LogP contribution >= 0.6 is 15.9 Å². The summed E-state index contributed by atoms with van der Waals surface area (Å²) in [5.41, 5.74) is 1.72. The van der Waals surface area contributed by atoms with E-state index in [4.69, 9.17) is 14.2 Å². The predicted octanol–water partition coefficient (Wildman–Crippen LogP) is 3.21. The number of carbonyl (C=O) groups excluding carboxylic acids is 2. The Morgan fingerprint density at radius 2 is 1.96 bits per heavy atom. The van der Waals surface area contributed by atoms with E-state index in [-0.39, 0.29) is 10.7 Å². The predicted molar refractivity (Wildman–Crippen MR) is 100 cm³/mol.